The summed E-state index contributed by atoms with van der Waals surface area (Å²) >= 11 is 0. The van der Waals surface area contributed by atoms with Crippen molar-refractivity contribution in [1.82, 2.24) is 15.0 Å². The number of nitrogens with zero attached hydrogens (tertiary/aromatic N) is 2. The van der Waals surface area contributed by atoms with Gasteiger partial charge in [0.15, 0.2) is 0 Å². The Kier molecular flexibility index (Phi) is 11.9. The van der Waals surface area contributed by atoms with Crippen LogP contribution in [0.2, 0.25) is 0 Å². The summed E-state index contributed by atoms with van der Waals surface area (Å²) in [7, 11) is 1.54. The lowest BCUT2D eigenvalue weighted by Crippen LogP contribution is -2.04. The minimum Gasteiger partial charge on any atom is -0.496 e. The van der Waals surface area contributed by atoms with Crippen molar-refractivity contribution in [3.05, 3.63) is 71.8 Å². The topological polar surface area (TPSA) is 50.8 Å². The number of alkyl halides is 3. The molecule has 0 amide bonds. The largest absolute Gasteiger partial charge is 0.496 e. The number of nitrogens with one attached hydrogen (secondary N) is 1. The second-order valence-corrected chi connectivity index (χ2v) is 9.52. The van der Waals surface area contributed by atoms with Gasteiger partial charge in [0.1, 0.15) is 11.6 Å². The van der Waals surface area contributed by atoms with Gasteiger partial charge in [-0.3, -0.25) is 4.98 Å². The van der Waals surface area contributed by atoms with Crippen LogP contribution in [0.15, 0.2) is 60.6 Å². The lowest BCUT2D eigenvalue weighted by molar-refractivity contribution is -0.137. The third-order valence-corrected chi connectivity index (χ3v) is 6.64. The molecule has 37 heavy (non-hydrogen) atoms. The van der Waals surface area contributed by atoms with Crippen LogP contribution >= 0.6 is 0 Å². The minimum absolute atomic E-state index is 0.334. The van der Waals surface area contributed by atoms with Gasteiger partial charge in [0.05, 0.1) is 23.9 Å². The van der Waals surface area contributed by atoms with Gasteiger partial charge in [-0.25, -0.2) is 4.98 Å². The highest BCUT2D eigenvalue weighted by Crippen LogP contribution is 2.30. The first-order chi connectivity index (χ1) is 17.6. The summed E-state index contributed by atoms with van der Waals surface area (Å²) in [6.07, 6.45) is 10.0. The van der Waals surface area contributed by atoms with E-state index in [9.17, 15) is 13.2 Å². The third kappa shape index (κ3) is 9.38. The molecule has 0 radical (unpaired) electrons. The molecular formula is C30H40F3N3O. The van der Waals surface area contributed by atoms with Gasteiger partial charge in [-0.05, 0) is 62.3 Å². The van der Waals surface area contributed by atoms with Crippen LogP contribution in [0.4, 0.5) is 13.2 Å². The van der Waals surface area contributed by atoms with Gasteiger partial charge >= 0.3 is 6.18 Å². The van der Waals surface area contributed by atoms with E-state index in [2.05, 4.69) is 54.8 Å². The van der Waals surface area contributed by atoms with Crippen LogP contribution in [0.3, 0.4) is 0 Å². The van der Waals surface area contributed by atoms with E-state index in [1.807, 2.05) is 13.0 Å². The zero-order valence-corrected chi connectivity index (χ0v) is 22.8. The Balaban J connectivity index is 2.30. The molecule has 202 valence electrons. The Labute approximate surface area is 219 Å². The first kappa shape index (κ1) is 30.1. The zero-order valence-electron chi connectivity index (χ0n) is 22.8. The van der Waals surface area contributed by atoms with E-state index in [1.165, 1.54) is 49.7 Å². The van der Waals surface area contributed by atoms with Crippen molar-refractivity contribution in [1.29, 1.82) is 0 Å². The molecule has 0 bridgehead atoms. The van der Waals surface area contributed by atoms with Crippen LogP contribution in [-0.4, -0.2) is 22.1 Å². The molecule has 4 nitrogen and oxygen atoms in total. The Morgan fingerprint density at radius 3 is 2.49 bits per heavy atom. The second kappa shape index (κ2) is 14.6. The van der Waals surface area contributed by atoms with Crippen molar-refractivity contribution in [2.24, 2.45) is 11.8 Å². The van der Waals surface area contributed by atoms with E-state index in [1.54, 1.807) is 13.3 Å². The summed E-state index contributed by atoms with van der Waals surface area (Å²) in [6, 6.07) is 5.01. The highest BCUT2D eigenvalue weighted by Gasteiger charge is 2.29. The number of hydrogen-bond donors (Lipinski definition) is 1. The number of H-pyrrole nitrogens is 1. The molecule has 2 heterocycles. The van der Waals surface area contributed by atoms with E-state index in [0.29, 0.717) is 23.1 Å². The Morgan fingerprint density at radius 1 is 1.08 bits per heavy atom. The molecule has 7 heteroatoms. The van der Waals surface area contributed by atoms with Crippen molar-refractivity contribution in [3.63, 3.8) is 0 Å². The summed E-state index contributed by atoms with van der Waals surface area (Å²) in [5.74, 6) is 2.18. The van der Waals surface area contributed by atoms with Gasteiger partial charge in [0.25, 0.3) is 0 Å². The van der Waals surface area contributed by atoms with Gasteiger partial charge < -0.3 is 9.72 Å². The Bertz CT molecular complexity index is 1120. The average Bonchev–Trinajstić information content (AvgIpc) is 2.99. The monoisotopic (exact) mass is 515 g/mol. The van der Waals surface area contributed by atoms with Gasteiger partial charge in [-0.2, -0.15) is 13.2 Å². The molecule has 2 aromatic rings. The number of ether oxygens (including phenoxy) is 1. The number of allylic oxidation sites excluding steroid dienone is 4. The fraction of sp³-hybridized carbons (Fsp3) is 0.467. The predicted molar refractivity (Wildman–Crippen MR) is 145 cm³/mol. The summed E-state index contributed by atoms with van der Waals surface area (Å²) in [5, 5.41) is 0. The van der Waals surface area contributed by atoms with E-state index < -0.39 is 11.7 Å². The van der Waals surface area contributed by atoms with E-state index >= 15 is 0 Å². The Morgan fingerprint density at radius 2 is 1.84 bits per heavy atom. The number of halogens is 3. The molecule has 1 N–H and O–H groups in total. The standard InChI is InChI=1S/C30H40F3N3O/c1-7-10-21(3)12-15-24(8-2)22(4)13-14-23(5)27-19-28(37-6)26(20-36-27)29-34-17-9-11-25(16-18-35-29)30(31,32)33/h9,11,13-14,16-21,24H,7-8,10,12,15H2,1-6H3,(H,34,35)/b17-9?,18-16?,22-13+,23-14+,25-11?/t21-,24?/m0/s1. The fourth-order valence-electron chi connectivity index (χ4n) is 4.26. The lowest BCUT2D eigenvalue weighted by atomic mass is 9.88. The fourth-order valence-corrected chi connectivity index (χ4v) is 4.26. The predicted octanol–water partition coefficient (Wildman–Crippen LogP) is 9.22. The highest BCUT2D eigenvalue weighted by atomic mass is 19.4. The van der Waals surface area contributed by atoms with Crippen molar-refractivity contribution in [3.8, 4) is 17.1 Å². The number of aromatic nitrogens is 3. The molecule has 2 aromatic heterocycles. The van der Waals surface area contributed by atoms with Crippen LogP contribution in [0.25, 0.3) is 17.0 Å². The van der Waals surface area contributed by atoms with E-state index in [4.69, 9.17) is 4.74 Å². The minimum atomic E-state index is -4.45. The molecule has 0 saturated carbocycles. The van der Waals surface area contributed by atoms with Crippen LogP contribution < -0.4 is 4.74 Å². The van der Waals surface area contributed by atoms with E-state index in [0.717, 1.165) is 35.7 Å². The molecule has 0 saturated heterocycles. The van der Waals surface area contributed by atoms with Crippen molar-refractivity contribution < 1.29 is 17.9 Å². The van der Waals surface area contributed by atoms with Crippen molar-refractivity contribution in [2.75, 3.05) is 7.11 Å². The quantitative estimate of drug-likeness (QED) is 0.303. The van der Waals surface area contributed by atoms with Crippen LogP contribution in [0.1, 0.15) is 78.0 Å². The van der Waals surface area contributed by atoms with Crippen LogP contribution in [-0.2, 0) is 6.18 Å². The maximum Gasteiger partial charge on any atom is 0.416 e. The number of rotatable bonds is 11. The molecule has 0 spiro atoms. The SMILES string of the molecule is CCC[C@H](C)CCC(CC)/C(C)=C/C=C(\C)c1cc(OC)c(-c2ncccc(C(F)(F)F)cc[nH]2)cn1. The molecule has 2 atom stereocenters. The molecule has 0 fully saturated rings. The maximum atomic E-state index is 13.1. The number of pyridine rings is 1. The number of methoxy groups -OCH3 is 1. The molecule has 0 aliphatic carbocycles. The molecule has 0 aliphatic rings. The van der Waals surface area contributed by atoms with Crippen molar-refractivity contribution >= 4 is 5.57 Å². The third-order valence-electron chi connectivity index (χ3n) is 6.64. The van der Waals surface area contributed by atoms with Crippen LogP contribution in [0, 0.1) is 11.8 Å². The first-order valence-corrected chi connectivity index (χ1v) is 12.9. The Hall–Kier alpha value is -3.09. The van der Waals surface area contributed by atoms with Gasteiger partial charge in [0, 0.05) is 24.7 Å². The second-order valence-electron chi connectivity index (χ2n) is 9.52. The molecular weight excluding hydrogens is 475 g/mol. The summed E-state index contributed by atoms with van der Waals surface area (Å²) in [4.78, 5) is 11.7. The summed E-state index contributed by atoms with van der Waals surface area (Å²) in [6.45, 7) is 11.0. The zero-order chi connectivity index (χ0) is 27.4. The summed E-state index contributed by atoms with van der Waals surface area (Å²) < 4.78 is 44.8. The normalized spacial score (nSPS) is 14.2. The first-order valence-electron chi connectivity index (χ1n) is 12.9. The maximum absolute atomic E-state index is 13.1. The highest BCUT2D eigenvalue weighted by molar-refractivity contribution is 5.69. The van der Waals surface area contributed by atoms with Gasteiger partial charge in [-0.15, -0.1) is 0 Å². The summed E-state index contributed by atoms with van der Waals surface area (Å²) in [5.41, 5.74) is 2.87. The van der Waals surface area contributed by atoms with Crippen LogP contribution in [0.5, 0.6) is 5.75 Å². The van der Waals surface area contributed by atoms with E-state index in [-0.39, 0.29) is 0 Å². The number of hydrogen-bond acceptors (Lipinski definition) is 3. The molecule has 2 rings (SSSR count). The average molecular weight is 516 g/mol. The number of aromatic amines is 1. The van der Waals surface area contributed by atoms with Gasteiger partial charge in [0.2, 0.25) is 0 Å². The van der Waals surface area contributed by atoms with Crippen molar-refractivity contribution in [2.45, 2.75) is 72.9 Å². The molecule has 0 aromatic carbocycles. The smallest absolute Gasteiger partial charge is 0.416 e. The molecule has 0 aliphatic heterocycles. The van der Waals surface area contributed by atoms with Gasteiger partial charge in [-0.1, -0.05) is 57.8 Å². The molecule has 1 unspecified atom stereocenters. The lowest BCUT2D eigenvalue weighted by Gasteiger charge is -2.18.